The number of rotatable bonds is 22. The third-order valence-electron chi connectivity index (χ3n) is 10.9. The molecule has 0 aromatic rings. The minimum Gasteiger partial charge on any atom is -0.394 e. The van der Waals surface area contributed by atoms with Gasteiger partial charge >= 0.3 is 0 Å². The van der Waals surface area contributed by atoms with Crippen LogP contribution in [0, 0.1) is 0 Å². The van der Waals surface area contributed by atoms with E-state index in [0.717, 1.165) is 12.8 Å². The van der Waals surface area contributed by atoms with Crippen molar-refractivity contribution in [3.05, 3.63) is 0 Å². The Balaban J connectivity index is 0.000000327. The number of aliphatic hydroxyl groups excluding tert-OH is 10. The summed E-state index contributed by atoms with van der Waals surface area (Å²) in [6.07, 6.45) is -3.81. The van der Waals surface area contributed by atoms with Gasteiger partial charge in [-0.1, -0.05) is 71.1 Å². The molecule has 0 unspecified atom stereocenters. The van der Waals surface area contributed by atoms with Crippen LogP contribution in [0.15, 0.2) is 0 Å². The molecule has 18 atom stereocenters. The molecule has 4 saturated heterocycles. The Bertz CT molecular complexity index is 1170. The van der Waals surface area contributed by atoms with Gasteiger partial charge < -0.3 is 79.5 Å². The van der Waals surface area contributed by atoms with Crippen LogP contribution in [-0.4, -0.2) is 201 Å². The molecule has 368 valence electrons. The lowest BCUT2D eigenvalue weighted by atomic mass is 10.0. The van der Waals surface area contributed by atoms with Crippen molar-refractivity contribution >= 4 is 86.4 Å². The molecule has 0 amide bonds. The summed E-state index contributed by atoms with van der Waals surface area (Å²) < 4.78 is 32.3. The van der Waals surface area contributed by atoms with Gasteiger partial charge in [-0.15, -0.1) is 69.6 Å². The molecule has 4 aliphatic heterocycles. The smallest absolute Gasteiger partial charge is 0.221 e. The number of alkyl halides is 6. The Kier molecular flexibility index (Phi) is 28.5. The molecule has 0 bridgehead atoms. The van der Waals surface area contributed by atoms with Crippen LogP contribution in [0.5, 0.6) is 0 Å². The highest BCUT2D eigenvalue weighted by Gasteiger charge is 2.59. The predicted molar refractivity (Wildman–Crippen MR) is 231 cm³/mol. The summed E-state index contributed by atoms with van der Waals surface area (Å²) >= 11 is 39.9. The van der Waals surface area contributed by atoms with Crippen molar-refractivity contribution in [3.63, 3.8) is 0 Å². The fourth-order valence-electron chi connectivity index (χ4n) is 7.04. The van der Waals surface area contributed by atoms with E-state index in [1.807, 2.05) is 0 Å². The molecule has 4 heterocycles. The third kappa shape index (κ3) is 16.4. The standard InChI is InChI=1S/C14H27ClO.2C12H19Cl3O8/c1-2-3-4-5-6-7-8-9-10-11-12-13-14(15)16;2*13-1-4-7(17)10(20)12(3-14,22-4)23-11-9(19)8(18)6(15)5(2-16)21-11/h2-13H2,1H3;2*4-11,16-20H,1-3H2/t;2*4-,5-,6+,7-,8+,9-,10+,11-,12+/m.11/s1. The minimum absolute atomic E-state index is 0.125. The maximum Gasteiger partial charge on any atom is 0.221 e. The maximum absolute atomic E-state index is 10.5. The highest BCUT2D eigenvalue weighted by atomic mass is 35.5. The van der Waals surface area contributed by atoms with Gasteiger partial charge in [0.1, 0.15) is 73.2 Å². The fraction of sp³-hybridized carbons (Fsp3) is 0.974. The van der Waals surface area contributed by atoms with E-state index in [0.29, 0.717) is 6.42 Å². The Morgan fingerprint density at radius 1 is 0.532 bits per heavy atom. The molecule has 4 rings (SSSR count). The first-order valence-corrected chi connectivity index (χ1v) is 24.2. The van der Waals surface area contributed by atoms with Gasteiger partial charge in [-0.3, -0.25) is 4.79 Å². The molecular formula is C38H65Cl7O17. The lowest BCUT2D eigenvalue weighted by Gasteiger charge is -2.43. The van der Waals surface area contributed by atoms with Gasteiger partial charge in [0.15, 0.2) is 12.6 Å². The van der Waals surface area contributed by atoms with E-state index in [1.54, 1.807) is 0 Å². The SMILES string of the molecule is CCCCCCCCCCCCCC(=O)Cl.OC[C@H]1O[C@H](O[C@]2(CCl)O[C@H](CCl)[C@@H](O)[C@@H]2O)[C@H](O)[C@@H](O)[C@H]1Cl.OC[C@H]1O[C@H](O[C@]2(CCl)O[C@H](CCl)[C@@H](O)[C@@H]2O)[C@H](O)[C@@H](O)[C@H]1Cl. The predicted octanol–water partition coefficient (Wildman–Crippen LogP) is 2.14. The van der Waals surface area contributed by atoms with Gasteiger partial charge in [0, 0.05) is 6.42 Å². The summed E-state index contributed by atoms with van der Waals surface area (Å²) in [5.41, 5.74) is 0. The average molecular weight is 1040 g/mol. The highest BCUT2D eigenvalue weighted by Crippen LogP contribution is 2.39. The van der Waals surface area contributed by atoms with E-state index in [1.165, 1.54) is 57.8 Å². The van der Waals surface area contributed by atoms with Crippen molar-refractivity contribution in [2.45, 2.75) is 192 Å². The molecule has 0 aliphatic carbocycles. The first kappa shape index (κ1) is 59.2. The zero-order valence-corrected chi connectivity index (χ0v) is 39.7. The lowest BCUT2D eigenvalue weighted by molar-refractivity contribution is -0.358. The Morgan fingerprint density at radius 2 is 0.871 bits per heavy atom. The van der Waals surface area contributed by atoms with E-state index in [-0.39, 0.29) is 17.0 Å². The number of carbonyl (C=O) groups is 1. The number of halogens is 7. The first-order chi connectivity index (χ1) is 29.4. The second kappa shape index (κ2) is 29.8. The summed E-state index contributed by atoms with van der Waals surface area (Å²) in [7, 11) is 0. The third-order valence-corrected chi connectivity index (χ3v) is 13.5. The van der Waals surface area contributed by atoms with E-state index in [9.17, 15) is 55.9 Å². The molecule has 4 aliphatic rings. The van der Waals surface area contributed by atoms with Gasteiger partial charge in [0.25, 0.3) is 0 Å². The normalized spacial score (nSPS) is 40.7. The molecule has 10 N–H and O–H groups in total. The van der Waals surface area contributed by atoms with Crippen LogP contribution in [0.1, 0.15) is 84.0 Å². The van der Waals surface area contributed by atoms with Gasteiger partial charge in [0.05, 0.1) is 47.5 Å². The molecular weight excluding hydrogens is 977 g/mol. The van der Waals surface area contributed by atoms with Crippen LogP contribution >= 0.6 is 81.2 Å². The molecule has 0 saturated carbocycles. The highest BCUT2D eigenvalue weighted by molar-refractivity contribution is 6.63. The van der Waals surface area contributed by atoms with Gasteiger partial charge in [-0.25, -0.2) is 0 Å². The van der Waals surface area contributed by atoms with Gasteiger partial charge in [-0.2, -0.15) is 0 Å². The quantitative estimate of drug-likeness (QED) is 0.0423. The first-order valence-electron chi connectivity index (χ1n) is 20.8. The molecule has 0 spiro atoms. The lowest BCUT2D eigenvalue weighted by Crippen LogP contribution is -2.61. The maximum atomic E-state index is 10.5. The van der Waals surface area contributed by atoms with Crippen LogP contribution in [-0.2, 0) is 33.2 Å². The monoisotopic (exact) mass is 1040 g/mol. The van der Waals surface area contributed by atoms with Crippen molar-refractivity contribution in [1.82, 2.24) is 0 Å². The van der Waals surface area contributed by atoms with Crippen LogP contribution in [0.2, 0.25) is 0 Å². The molecule has 0 radical (unpaired) electrons. The van der Waals surface area contributed by atoms with E-state index >= 15 is 0 Å². The Labute approximate surface area is 397 Å². The van der Waals surface area contributed by atoms with Crippen molar-refractivity contribution in [1.29, 1.82) is 0 Å². The second-order valence-electron chi connectivity index (χ2n) is 15.6. The average Bonchev–Trinajstić information content (AvgIpc) is 3.66. The summed E-state index contributed by atoms with van der Waals surface area (Å²) in [6.45, 7) is 1.20. The van der Waals surface area contributed by atoms with E-state index in [4.69, 9.17) is 110 Å². The number of aliphatic hydroxyl groups is 10. The topological polar surface area (TPSA) is 275 Å². The summed E-state index contributed by atoms with van der Waals surface area (Å²) in [6, 6.07) is 0. The number of unbranched alkanes of at least 4 members (excludes halogenated alkanes) is 10. The Morgan fingerprint density at radius 3 is 1.15 bits per heavy atom. The second-order valence-corrected chi connectivity index (χ2v) is 18.1. The number of hydrogen-bond acceptors (Lipinski definition) is 17. The number of carbonyl (C=O) groups excluding carboxylic acids is 1. The van der Waals surface area contributed by atoms with Crippen LogP contribution in [0.25, 0.3) is 0 Å². The van der Waals surface area contributed by atoms with Crippen molar-refractivity contribution in [2.24, 2.45) is 0 Å². The van der Waals surface area contributed by atoms with E-state index < -0.39 is 133 Å². The zero-order chi connectivity index (χ0) is 46.8. The molecule has 17 nitrogen and oxygen atoms in total. The summed E-state index contributed by atoms with van der Waals surface area (Å²) in [5.74, 6) is -4.86. The van der Waals surface area contributed by atoms with Crippen LogP contribution < -0.4 is 0 Å². The molecule has 4 fully saturated rings. The fourth-order valence-corrected chi connectivity index (χ4v) is 8.81. The zero-order valence-electron chi connectivity index (χ0n) is 34.4. The minimum atomic E-state index is -1.90. The van der Waals surface area contributed by atoms with Crippen LogP contribution in [0.4, 0.5) is 0 Å². The number of ether oxygens (including phenoxy) is 6. The largest absolute Gasteiger partial charge is 0.394 e. The van der Waals surface area contributed by atoms with Crippen molar-refractivity contribution < 1.29 is 84.3 Å². The molecule has 0 aromatic carbocycles. The van der Waals surface area contributed by atoms with E-state index in [2.05, 4.69) is 6.92 Å². The summed E-state index contributed by atoms with van der Waals surface area (Å²) in [4.78, 5) is 10.5. The van der Waals surface area contributed by atoms with Gasteiger partial charge in [0.2, 0.25) is 16.8 Å². The number of hydrogen-bond donors (Lipinski definition) is 10. The molecule has 0 aromatic heterocycles. The molecule has 24 heteroatoms. The van der Waals surface area contributed by atoms with Crippen molar-refractivity contribution in [3.8, 4) is 0 Å². The van der Waals surface area contributed by atoms with Gasteiger partial charge in [-0.05, 0) is 18.0 Å². The van der Waals surface area contributed by atoms with Crippen molar-refractivity contribution in [2.75, 3.05) is 36.7 Å². The summed E-state index contributed by atoms with van der Waals surface area (Å²) in [5, 5.41) is 96.1. The Hall–Kier alpha value is 1.06. The van der Waals surface area contributed by atoms with Crippen LogP contribution in [0.3, 0.4) is 0 Å². The molecule has 62 heavy (non-hydrogen) atoms.